The predicted octanol–water partition coefficient (Wildman–Crippen LogP) is 3.10. The number of carbonyl (C=O) groups excluding carboxylic acids is 1. The van der Waals surface area contributed by atoms with Gasteiger partial charge in [-0.2, -0.15) is 0 Å². The van der Waals surface area contributed by atoms with Crippen LogP contribution in [0.4, 0.5) is 0 Å². The number of hydrogen-bond acceptors (Lipinski definition) is 3. The van der Waals surface area contributed by atoms with E-state index < -0.39 is 0 Å². The molecule has 1 amide bonds. The lowest BCUT2D eigenvalue weighted by atomic mass is 9.90. The standard InChI is InChI=1S/C18H20ClNO3/c19-16-4-2-14(3-5-16)17-10-20(9-15(17)11-21)18(22)6-1-13-7-8-23-12-13/h2-5,7-8,12,15,17,21H,1,6,9-11H2/t15-,17-/m0/s1. The second-order valence-electron chi connectivity index (χ2n) is 6.03. The molecule has 1 aromatic carbocycles. The summed E-state index contributed by atoms with van der Waals surface area (Å²) in [4.78, 5) is 14.3. The summed E-state index contributed by atoms with van der Waals surface area (Å²) in [5, 5.41) is 10.4. The summed E-state index contributed by atoms with van der Waals surface area (Å²) in [6.07, 6.45) is 4.44. The van der Waals surface area contributed by atoms with E-state index in [0.717, 1.165) is 11.1 Å². The highest BCUT2D eigenvalue weighted by Crippen LogP contribution is 2.33. The number of benzene rings is 1. The zero-order chi connectivity index (χ0) is 16.2. The van der Waals surface area contributed by atoms with Crippen LogP contribution < -0.4 is 0 Å². The van der Waals surface area contributed by atoms with Crippen LogP contribution in [0.5, 0.6) is 0 Å². The van der Waals surface area contributed by atoms with Crippen LogP contribution in [0.1, 0.15) is 23.5 Å². The number of aliphatic hydroxyl groups excluding tert-OH is 1. The highest BCUT2D eigenvalue weighted by molar-refractivity contribution is 6.30. The molecular formula is C18H20ClNO3. The molecule has 1 saturated heterocycles. The normalized spacial score (nSPS) is 20.9. The molecule has 1 aliphatic rings. The van der Waals surface area contributed by atoms with Crippen molar-refractivity contribution >= 4 is 17.5 Å². The number of likely N-dealkylation sites (tertiary alicyclic amines) is 1. The van der Waals surface area contributed by atoms with Crippen molar-refractivity contribution in [1.82, 2.24) is 4.90 Å². The van der Waals surface area contributed by atoms with Gasteiger partial charge in [0.25, 0.3) is 0 Å². The minimum atomic E-state index is 0.0778. The van der Waals surface area contributed by atoms with Gasteiger partial charge in [-0.05, 0) is 35.7 Å². The Labute approximate surface area is 140 Å². The molecule has 1 N–H and O–H groups in total. The van der Waals surface area contributed by atoms with Crippen molar-refractivity contribution in [3.05, 3.63) is 59.0 Å². The molecule has 3 rings (SSSR count). The van der Waals surface area contributed by atoms with E-state index in [2.05, 4.69) is 0 Å². The Morgan fingerprint density at radius 3 is 2.70 bits per heavy atom. The Kier molecular flexibility index (Phi) is 5.03. The molecule has 1 aromatic heterocycles. The second kappa shape index (κ2) is 7.20. The topological polar surface area (TPSA) is 53.7 Å². The fourth-order valence-electron chi connectivity index (χ4n) is 3.19. The smallest absolute Gasteiger partial charge is 0.222 e. The molecule has 0 bridgehead atoms. The minimum absolute atomic E-state index is 0.0778. The Bertz CT molecular complexity index is 639. The van der Waals surface area contributed by atoms with Gasteiger partial charge in [0.05, 0.1) is 12.5 Å². The van der Waals surface area contributed by atoms with Crippen molar-refractivity contribution in [2.24, 2.45) is 5.92 Å². The van der Waals surface area contributed by atoms with Crippen LogP contribution >= 0.6 is 11.6 Å². The fourth-order valence-corrected chi connectivity index (χ4v) is 3.32. The number of carbonyl (C=O) groups is 1. The number of halogens is 1. The molecule has 2 atom stereocenters. The van der Waals surface area contributed by atoms with E-state index in [1.54, 1.807) is 12.5 Å². The molecule has 0 spiro atoms. The first-order chi connectivity index (χ1) is 11.2. The lowest BCUT2D eigenvalue weighted by Gasteiger charge is -2.16. The van der Waals surface area contributed by atoms with Crippen molar-refractivity contribution in [2.45, 2.75) is 18.8 Å². The third kappa shape index (κ3) is 3.77. The van der Waals surface area contributed by atoms with Gasteiger partial charge >= 0.3 is 0 Å². The van der Waals surface area contributed by atoms with Crippen LogP contribution in [-0.2, 0) is 11.2 Å². The monoisotopic (exact) mass is 333 g/mol. The zero-order valence-corrected chi connectivity index (χ0v) is 13.6. The number of hydrogen-bond donors (Lipinski definition) is 1. The van der Waals surface area contributed by atoms with Crippen molar-refractivity contribution in [3.8, 4) is 0 Å². The van der Waals surface area contributed by atoms with E-state index in [1.807, 2.05) is 35.2 Å². The zero-order valence-electron chi connectivity index (χ0n) is 12.8. The SMILES string of the molecule is O=C(CCc1ccoc1)N1C[C@@H](CO)[C@H](c2ccc(Cl)cc2)C1. The maximum Gasteiger partial charge on any atom is 0.222 e. The molecule has 0 radical (unpaired) electrons. The van der Waals surface area contributed by atoms with Crippen LogP contribution in [0.25, 0.3) is 0 Å². The van der Waals surface area contributed by atoms with E-state index in [9.17, 15) is 9.90 Å². The molecule has 122 valence electrons. The number of nitrogens with zero attached hydrogens (tertiary/aromatic N) is 1. The highest BCUT2D eigenvalue weighted by atomic mass is 35.5. The van der Waals surface area contributed by atoms with Crippen molar-refractivity contribution in [1.29, 1.82) is 0 Å². The summed E-state index contributed by atoms with van der Waals surface area (Å²) in [5.41, 5.74) is 2.16. The quantitative estimate of drug-likeness (QED) is 0.914. The first-order valence-corrected chi connectivity index (χ1v) is 8.20. The van der Waals surface area contributed by atoms with Gasteiger partial charge in [0.1, 0.15) is 0 Å². The maximum atomic E-state index is 12.4. The van der Waals surface area contributed by atoms with Gasteiger partial charge in [-0.25, -0.2) is 0 Å². The summed E-state index contributed by atoms with van der Waals surface area (Å²) < 4.78 is 5.02. The number of furan rings is 1. The van der Waals surface area contributed by atoms with Gasteiger partial charge in [0.2, 0.25) is 5.91 Å². The Morgan fingerprint density at radius 1 is 1.26 bits per heavy atom. The lowest BCUT2D eigenvalue weighted by Crippen LogP contribution is -2.29. The highest BCUT2D eigenvalue weighted by Gasteiger charge is 2.35. The Balaban J connectivity index is 1.63. The lowest BCUT2D eigenvalue weighted by molar-refractivity contribution is -0.130. The number of aryl methyl sites for hydroxylation is 1. The van der Waals surface area contributed by atoms with E-state index >= 15 is 0 Å². The molecule has 1 fully saturated rings. The van der Waals surface area contributed by atoms with Crippen LogP contribution in [0.15, 0.2) is 47.3 Å². The molecule has 1 aliphatic heterocycles. The first-order valence-electron chi connectivity index (χ1n) is 7.82. The number of rotatable bonds is 5. The van der Waals surface area contributed by atoms with Crippen LogP contribution in [-0.4, -0.2) is 35.6 Å². The molecule has 23 heavy (non-hydrogen) atoms. The molecular weight excluding hydrogens is 314 g/mol. The Morgan fingerprint density at radius 2 is 2.04 bits per heavy atom. The molecule has 4 nitrogen and oxygen atoms in total. The minimum Gasteiger partial charge on any atom is -0.472 e. The molecule has 2 aromatic rings. The van der Waals surface area contributed by atoms with Crippen LogP contribution in [0.3, 0.4) is 0 Å². The van der Waals surface area contributed by atoms with Gasteiger partial charge in [-0.15, -0.1) is 0 Å². The van der Waals surface area contributed by atoms with Gasteiger partial charge < -0.3 is 14.4 Å². The second-order valence-corrected chi connectivity index (χ2v) is 6.47. The van der Waals surface area contributed by atoms with E-state index in [-0.39, 0.29) is 24.3 Å². The average molecular weight is 334 g/mol. The van der Waals surface area contributed by atoms with Gasteiger partial charge in [-0.1, -0.05) is 23.7 Å². The Hall–Kier alpha value is -1.78. The molecule has 0 aliphatic carbocycles. The summed E-state index contributed by atoms with van der Waals surface area (Å²) >= 11 is 5.94. The first kappa shape index (κ1) is 16.1. The summed E-state index contributed by atoms with van der Waals surface area (Å²) in [7, 11) is 0. The fraction of sp³-hybridized carbons (Fsp3) is 0.389. The van der Waals surface area contributed by atoms with Gasteiger partial charge in [0.15, 0.2) is 0 Å². The number of amides is 1. The maximum absolute atomic E-state index is 12.4. The largest absolute Gasteiger partial charge is 0.472 e. The molecule has 0 saturated carbocycles. The van der Waals surface area contributed by atoms with E-state index in [0.29, 0.717) is 31.0 Å². The summed E-state index contributed by atoms with van der Waals surface area (Å²) in [6.45, 7) is 1.34. The third-order valence-corrected chi connectivity index (χ3v) is 4.79. The average Bonchev–Trinajstić information content (AvgIpc) is 3.22. The van der Waals surface area contributed by atoms with Gasteiger partial charge in [-0.3, -0.25) is 4.79 Å². The van der Waals surface area contributed by atoms with Crippen molar-refractivity contribution in [3.63, 3.8) is 0 Å². The van der Waals surface area contributed by atoms with Crippen LogP contribution in [0, 0.1) is 5.92 Å². The third-order valence-electron chi connectivity index (χ3n) is 4.53. The van der Waals surface area contributed by atoms with Crippen LogP contribution in [0.2, 0.25) is 5.02 Å². The summed E-state index contributed by atoms with van der Waals surface area (Å²) in [6, 6.07) is 9.55. The van der Waals surface area contributed by atoms with Crippen molar-refractivity contribution in [2.75, 3.05) is 19.7 Å². The predicted molar refractivity (Wildman–Crippen MR) is 88.4 cm³/mol. The molecule has 2 heterocycles. The number of aliphatic hydroxyl groups is 1. The molecule has 5 heteroatoms. The van der Waals surface area contributed by atoms with E-state index in [4.69, 9.17) is 16.0 Å². The van der Waals surface area contributed by atoms with Crippen molar-refractivity contribution < 1.29 is 14.3 Å². The van der Waals surface area contributed by atoms with Gasteiger partial charge in [0, 0.05) is 43.0 Å². The summed E-state index contributed by atoms with van der Waals surface area (Å²) in [5.74, 6) is 0.366. The van der Waals surface area contributed by atoms with E-state index in [1.165, 1.54) is 0 Å². The molecule has 0 unspecified atom stereocenters.